The zero-order valence-electron chi connectivity index (χ0n) is 10.8. The van der Waals surface area contributed by atoms with E-state index >= 15 is 0 Å². The molecule has 2 atom stereocenters. The first-order valence-electron chi connectivity index (χ1n) is 6.28. The van der Waals surface area contributed by atoms with Gasteiger partial charge in [0.25, 0.3) is 5.91 Å². The lowest BCUT2D eigenvalue weighted by molar-refractivity contribution is 0.0300. The summed E-state index contributed by atoms with van der Waals surface area (Å²) < 4.78 is 0. The molecule has 0 aliphatic carbocycles. The SMILES string of the molecule is CC1CN(C(=O)c2sccc2C#CCO)CCC1O. The topological polar surface area (TPSA) is 60.8 Å². The Morgan fingerprint density at radius 2 is 2.42 bits per heavy atom. The largest absolute Gasteiger partial charge is 0.393 e. The van der Waals surface area contributed by atoms with Gasteiger partial charge >= 0.3 is 0 Å². The predicted octanol–water partition coefficient (Wildman–Crippen LogP) is 0.935. The van der Waals surface area contributed by atoms with Crippen LogP contribution in [0.4, 0.5) is 0 Å². The van der Waals surface area contributed by atoms with E-state index in [2.05, 4.69) is 11.8 Å². The lowest BCUT2D eigenvalue weighted by Gasteiger charge is -2.34. The van der Waals surface area contributed by atoms with Crippen LogP contribution in [0.5, 0.6) is 0 Å². The van der Waals surface area contributed by atoms with Crippen molar-refractivity contribution >= 4 is 17.2 Å². The molecule has 1 saturated heterocycles. The second kappa shape index (κ2) is 6.20. The molecule has 0 radical (unpaired) electrons. The second-order valence-corrected chi connectivity index (χ2v) is 5.62. The molecule has 2 heterocycles. The van der Waals surface area contributed by atoms with Gasteiger partial charge in [-0.05, 0) is 23.8 Å². The summed E-state index contributed by atoms with van der Waals surface area (Å²) in [4.78, 5) is 14.8. The number of carbonyl (C=O) groups is 1. The molecular weight excluding hydrogens is 262 g/mol. The summed E-state index contributed by atoms with van der Waals surface area (Å²) in [5.41, 5.74) is 0.669. The van der Waals surface area contributed by atoms with Crippen molar-refractivity contribution in [1.82, 2.24) is 4.90 Å². The van der Waals surface area contributed by atoms with E-state index in [1.54, 1.807) is 11.0 Å². The molecular formula is C14H17NO3S. The molecule has 1 amide bonds. The Morgan fingerprint density at radius 3 is 3.11 bits per heavy atom. The van der Waals surface area contributed by atoms with Crippen molar-refractivity contribution in [1.29, 1.82) is 0 Å². The molecule has 5 heteroatoms. The molecule has 1 fully saturated rings. The Kier molecular flexibility index (Phi) is 4.59. The quantitative estimate of drug-likeness (QED) is 0.752. The average molecular weight is 279 g/mol. The molecule has 2 rings (SSSR count). The first-order chi connectivity index (χ1) is 9.13. The van der Waals surface area contributed by atoms with Crippen LogP contribution in [-0.4, -0.2) is 46.8 Å². The smallest absolute Gasteiger partial charge is 0.265 e. The van der Waals surface area contributed by atoms with Gasteiger partial charge in [-0.1, -0.05) is 18.8 Å². The Balaban J connectivity index is 2.14. The third-order valence-corrected chi connectivity index (χ3v) is 4.21. The Hall–Kier alpha value is -1.35. The fourth-order valence-corrected chi connectivity index (χ4v) is 2.99. The summed E-state index contributed by atoms with van der Waals surface area (Å²) in [5, 5.41) is 20.2. The van der Waals surface area contributed by atoms with E-state index in [9.17, 15) is 9.90 Å². The van der Waals surface area contributed by atoms with E-state index in [0.29, 0.717) is 30.0 Å². The molecule has 2 unspecified atom stereocenters. The highest BCUT2D eigenvalue weighted by molar-refractivity contribution is 7.12. The number of aliphatic hydroxyl groups is 2. The number of carbonyl (C=O) groups excluding carboxylic acids is 1. The van der Waals surface area contributed by atoms with Gasteiger partial charge in [-0.3, -0.25) is 4.79 Å². The Bertz CT molecular complexity index is 514. The number of nitrogens with zero attached hydrogens (tertiary/aromatic N) is 1. The highest BCUT2D eigenvalue weighted by Crippen LogP contribution is 2.23. The normalized spacial score (nSPS) is 22.8. The summed E-state index contributed by atoms with van der Waals surface area (Å²) in [7, 11) is 0. The number of amides is 1. The van der Waals surface area contributed by atoms with E-state index in [4.69, 9.17) is 5.11 Å². The molecule has 2 N–H and O–H groups in total. The summed E-state index contributed by atoms with van der Waals surface area (Å²) in [6.45, 7) is 2.89. The van der Waals surface area contributed by atoms with Gasteiger partial charge in [0, 0.05) is 18.7 Å². The number of aliphatic hydroxyl groups excluding tert-OH is 2. The molecule has 1 aliphatic rings. The number of piperidine rings is 1. The number of thiophene rings is 1. The highest BCUT2D eigenvalue weighted by Gasteiger charge is 2.29. The van der Waals surface area contributed by atoms with E-state index in [0.717, 1.165) is 0 Å². The highest BCUT2D eigenvalue weighted by atomic mass is 32.1. The number of hydrogen-bond acceptors (Lipinski definition) is 4. The van der Waals surface area contributed by atoms with E-state index in [-0.39, 0.29) is 24.5 Å². The van der Waals surface area contributed by atoms with Crippen LogP contribution in [0, 0.1) is 17.8 Å². The molecule has 0 aromatic carbocycles. The lowest BCUT2D eigenvalue weighted by Crippen LogP contribution is -2.44. The fourth-order valence-electron chi connectivity index (χ4n) is 2.17. The average Bonchev–Trinajstić information content (AvgIpc) is 2.87. The zero-order valence-corrected chi connectivity index (χ0v) is 11.6. The van der Waals surface area contributed by atoms with E-state index in [1.807, 2.05) is 12.3 Å². The lowest BCUT2D eigenvalue weighted by atomic mass is 9.96. The van der Waals surface area contributed by atoms with Crippen molar-refractivity contribution in [3.05, 3.63) is 21.9 Å². The fraction of sp³-hybridized carbons (Fsp3) is 0.500. The van der Waals surface area contributed by atoms with Crippen LogP contribution in [0.3, 0.4) is 0 Å². The van der Waals surface area contributed by atoms with Crippen molar-refractivity contribution in [2.75, 3.05) is 19.7 Å². The van der Waals surface area contributed by atoms with Crippen molar-refractivity contribution in [2.24, 2.45) is 5.92 Å². The monoisotopic (exact) mass is 279 g/mol. The Labute approximate surface area is 116 Å². The zero-order chi connectivity index (χ0) is 13.8. The molecule has 4 nitrogen and oxygen atoms in total. The molecule has 1 aromatic rings. The predicted molar refractivity (Wildman–Crippen MR) is 74.0 cm³/mol. The maximum Gasteiger partial charge on any atom is 0.265 e. The molecule has 1 aliphatic heterocycles. The first-order valence-corrected chi connectivity index (χ1v) is 7.16. The van der Waals surface area contributed by atoms with Gasteiger partial charge in [0.05, 0.1) is 6.10 Å². The maximum atomic E-state index is 12.4. The van der Waals surface area contributed by atoms with Crippen LogP contribution in [0.1, 0.15) is 28.6 Å². The molecule has 1 aromatic heterocycles. The van der Waals surface area contributed by atoms with Gasteiger partial charge in [-0.15, -0.1) is 11.3 Å². The third kappa shape index (κ3) is 3.16. The van der Waals surface area contributed by atoms with Crippen LogP contribution in [0.15, 0.2) is 11.4 Å². The summed E-state index contributed by atoms with van der Waals surface area (Å²) in [6, 6.07) is 1.79. The summed E-state index contributed by atoms with van der Waals surface area (Å²) in [6.07, 6.45) is 0.302. The number of hydrogen-bond donors (Lipinski definition) is 2. The first kappa shape index (κ1) is 14.1. The van der Waals surface area contributed by atoms with E-state index < -0.39 is 0 Å². The number of likely N-dealkylation sites (tertiary alicyclic amines) is 1. The van der Waals surface area contributed by atoms with E-state index in [1.165, 1.54) is 11.3 Å². The minimum absolute atomic E-state index is 0.0315. The van der Waals surface area contributed by atoms with Crippen molar-refractivity contribution < 1.29 is 15.0 Å². The van der Waals surface area contributed by atoms with Gasteiger partial charge in [-0.25, -0.2) is 0 Å². The molecule has 19 heavy (non-hydrogen) atoms. The molecule has 102 valence electrons. The van der Waals surface area contributed by atoms with Gasteiger partial charge < -0.3 is 15.1 Å². The van der Waals surface area contributed by atoms with Crippen LogP contribution < -0.4 is 0 Å². The van der Waals surface area contributed by atoms with Crippen molar-refractivity contribution in [3.63, 3.8) is 0 Å². The van der Waals surface area contributed by atoms with Gasteiger partial charge in [0.15, 0.2) is 0 Å². The van der Waals surface area contributed by atoms with Crippen molar-refractivity contribution in [3.8, 4) is 11.8 Å². The third-order valence-electron chi connectivity index (χ3n) is 3.31. The van der Waals surface area contributed by atoms with Crippen LogP contribution in [0.25, 0.3) is 0 Å². The van der Waals surface area contributed by atoms with Gasteiger partial charge in [-0.2, -0.15) is 0 Å². The number of rotatable bonds is 1. The van der Waals surface area contributed by atoms with Crippen LogP contribution in [-0.2, 0) is 0 Å². The minimum atomic E-state index is -0.318. The summed E-state index contributed by atoms with van der Waals surface area (Å²) >= 11 is 1.37. The van der Waals surface area contributed by atoms with Gasteiger partial charge in [0.1, 0.15) is 11.5 Å². The van der Waals surface area contributed by atoms with Gasteiger partial charge in [0.2, 0.25) is 0 Å². The van der Waals surface area contributed by atoms with Crippen LogP contribution in [0.2, 0.25) is 0 Å². The Morgan fingerprint density at radius 1 is 1.63 bits per heavy atom. The maximum absolute atomic E-state index is 12.4. The molecule has 0 bridgehead atoms. The molecule has 0 saturated carbocycles. The molecule has 0 spiro atoms. The minimum Gasteiger partial charge on any atom is -0.393 e. The standard InChI is InChI=1S/C14H17NO3S/c1-10-9-15(6-4-12(10)17)14(18)13-11(3-2-7-16)5-8-19-13/h5,8,10,12,16-17H,4,6-7,9H2,1H3. The van der Waals surface area contributed by atoms with Crippen LogP contribution >= 0.6 is 11.3 Å². The van der Waals surface area contributed by atoms with Crippen molar-refractivity contribution in [2.45, 2.75) is 19.4 Å². The summed E-state index contributed by atoms with van der Waals surface area (Å²) in [5.74, 6) is 5.43. The second-order valence-electron chi connectivity index (χ2n) is 4.71.